The Kier molecular flexibility index (Phi) is 5.51. The van der Waals surface area contributed by atoms with Crippen molar-refractivity contribution in [1.29, 1.82) is 0 Å². The highest BCUT2D eigenvalue weighted by molar-refractivity contribution is 7.13. The standard InChI is InChI=1S/C20H28N4OS/c1-20(2,3)17-14-26-19(22-17)24-12-10-23(11-13-24)18(25)9-6-15-4-7-16(21)8-5-15/h4-5,7-8,14H,6,9-13,21H2,1-3H3. The van der Waals surface area contributed by atoms with E-state index >= 15 is 0 Å². The lowest BCUT2D eigenvalue weighted by atomic mass is 9.93. The van der Waals surface area contributed by atoms with Crippen molar-refractivity contribution in [3.05, 3.63) is 40.9 Å². The van der Waals surface area contributed by atoms with E-state index in [0.717, 1.165) is 54.7 Å². The molecule has 1 aromatic carbocycles. The van der Waals surface area contributed by atoms with Crippen LogP contribution in [0.4, 0.5) is 10.8 Å². The van der Waals surface area contributed by atoms with Crippen molar-refractivity contribution >= 4 is 28.1 Å². The van der Waals surface area contributed by atoms with Gasteiger partial charge in [0.1, 0.15) is 0 Å². The van der Waals surface area contributed by atoms with Gasteiger partial charge in [-0.15, -0.1) is 11.3 Å². The molecular weight excluding hydrogens is 344 g/mol. The third-order valence-electron chi connectivity index (χ3n) is 4.77. The number of aromatic nitrogens is 1. The molecule has 0 spiro atoms. The van der Waals surface area contributed by atoms with E-state index < -0.39 is 0 Å². The number of carbonyl (C=O) groups excluding carboxylic acids is 1. The molecular formula is C20H28N4OS. The molecule has 1 amide bonds. The van der Waals surface area contributed by atoms with Crippen molar-refractivity contribution in [3.8, 4) is 0 Å². The van der Waals surface area contributed by atoms with Gasteiger partial charge in [-0.2, -0.15) is 0 Å². The Hall–Kier alpha value is -2.08. The molecule has 0 saturated carbocycles. The Morgan fingerprint density at radius 1 is 1.15 bits per heavy atom. The zero-order valence-corrected chi connectivity index (χ0v) is 16.7. The molecule has 26 heavy (non-hydrogen) atoms. The first kappa shape index (κ1) is 18.7. The number of nitrogen functional groups attached to an aromatic ring is 1. The van der Waals surface area contributed by atoms with Crippen LogP contribution in [0.1, 0.15) is 38.4 Å². The zero-order valence-electron chi connectivity index (χ0n) is 15.9. The van der Waals surface area contributed by atoms with E-state index in [-0.39, 0.29) is 11.3 Å². The van der Waals surface area contributed by atoms with Crippen molar-refractivity contribution in [2.45, 2.75) is 39.0 Å². The number of piperazine rings is 1. The molecule has 2 heterocycles. The third kappa shape index (κ3) is 4.55. The summed E-state index contributed by atoms with van der Waals surface area (Å²) < 4.78 is 0. The summed E-state index contributed by atoms with van der Waals surface area (Å²) in [5.74, 6) is 0.232. The fraction of sp³-hybridized carbons (Fsp3) is 0.500. The molecule has 0 bridgehead atoms. The van der Waals surface area contributed by atoms with E-state index in [1.807, 2.05) is 29.2 Å². The Labute approximate surface area is 159 Å². The van der Waals surface area contributed by atoms with E-state index in [1.54, 1.807) is 11.3 Å². The van der Waals surface area contributed by atoms with Gasteiger partial charge in [0, 0.05) is 49.1 Å². The van der Waals surface area contributed by atoms with Crippen molar-refractivity contribution in [2.75, 3.05) is 36.8 Å². The van der Waals surface area contributed by atoms with Crippen LogP contribution in [0.3, 0.4) is 0 Å². The highest BCUT2D eigenvalue weighted by atomic mass is 32.1. The van der Waals surface area contributed by atoms with Gasteiger partial charge in [0.2, 0.25) is 5.91 Å². The number of thiazole rings is 1. The number of nitrogens with two attached hydrogens (primary N) is 1. The summed E-state index contributed by atoms with van der Waals surface area (Å²) in [6.07, 6.45) is 1.32. The summed E-state index contributed by atoms with van der Waals surface area (Å²) in [5, 5.41) is 3.23. The van der Waals surface area contributed by atoms with Gasteiger partial charge < -0.3 is 15.5 Å². The summed E-state index contributed by atoms with van der Waals surface area (Å²) in [5.41, 5.74) is 8.83. The van der Waals surface area contributed by atoms with Gasteiger partial charge >= 0.3 is 0 Å². The zero-order chi connectivity index (χ0) is 18.7. The SMILES string of the molecule is CC(C)(C)c1csc(N2CCN(C(=O)CCc3ccc(N)cc3)CC2)n1. The molecule has 140 valence electrons. The van der Waals surface area contributed by atoms with Gasteiger partial charge in [-0.05, 0) is 24.1 Å². The number of hydrogen-bond acceptors (Lipinski definition) is 5. The first-order chi connectivity index (χ1) is 12.3. The molecule has 1 aliphatic heterocycles. The lowest BCUT2D eigenvalue weighted by Gasteiger charge is -2.34. The lowest BCUT2D eigenvalue weighted by molar-refractivity contribution is -0.131. The van der Waals surface area contributed by atoms with Crippen LogP contribution in [-0.4, -0.2) is 42.0 Å². The summed E-state index contributed by atoms with van der Waals surface area (Å²) >= 11 is 1.70. The van der Waals surface area contributed by atoms with Gasteiger partial charge in [-0.25, -0.2) is 4.98 Å². The molecule has 6 heteroatoms. The number of aryl methyl sites for hydroxylation is 1. The van der Waals surface area contributed by atoms with Crippen LogP contribution < -0.4 is 10.6 Å². The van der Waals surface area contributed by atoms with Gasteiger partial charge in [-0.1, -0.05) is 32.9 Å². The minimum absolute atomic E-state index is 0.0780. The number of nitrogens with zero attached hydrogens (tertiary/aromatic N) is 3. The Morgan fingerprint density at radius 2 is 1.81 bits per heavy atom. The fourth-order valence-electron chi connectivity index (χ4n) is 2.99. The first-order valence-electron chi connectivity index (χ1n) is 9.16. The second kappa shape index (κ2) is 7.66. The van der Waals surface area contributed by atoms with E-state index in [4.69, 9.17) is 10.7 Å². The minimum Gasteiger partial charge on any atom is -0.399 e. The van der Waals surface area contributed by atoms with Crippen LogP contribution in [0, 0.1) is 0 Å². The summed E-state index contributed by atoms with van der Waals surface area (Å²) in [6.45, 7) is 9.79. The molecule has 1 aromatic heterocycles. The van der Waals surface area contributed by atoms with Crippen LogP contribution in [-0.2, 0) is 16.6 Å². The number of benzene rings is 1. The normalized spacial score (nSPS) is 15.3. The molecule has 0 atom stereocenters. The number of rotatable bonds is 4. The minimum atomic E-state index is 0.0780. The summed E-state index contributed by atoms with van der Waals surface area (Å²) in [7, 11) is 0. The molecule has 0 aliphatic carbocycles. The Bertz CT molecular complexity index is 740. The van der Waals surface area contributed by atoms with Crippen molar-refractivity contribution in [1.82, 2.24) is 9.88 Å². The van der Waals surface area contributed by atoms with Gasteiger partial charge in [0.25, 0.3) is 0 Å². The van der Waals surface area contributed by atoms with E-state index in [1.165, 1.54) is 0 Å². The fourth-order valence-corrected chi connectivity index (χ4v) is 4.10. The van der Waals surface area contributed by atoms with Crippen molar-refractivity contribution in [3.63, 3.8) is 0 Å². The van der Waals surface area contributed by atoms with Gasteiger partial charge in [0.05, 0.1) is 5.69 Å². The average Bonchev–Trinajstić information content (AvgIpc) is 3.12. The molecule has 0 unspecified atom stereocenters. The predicted molar refractivity (Wildman–Crippen MR) is 109 cm³/mol. The average molecular weight is 373 g/mol. The monoisotopic (exact) mass is 372 g/mol. The van der Waals surface area contributed by atoms with Crippen LogP contribution in [0.15, 0.2) is 29.6 Å². The molecule has 0 radical (unpaired) electrons. The predicted octanol–water partition coefficient (Wildman–Crippen LogP) is 3.30. The largest absolute Gasteiger partial charge is 0.399 e. The molecule has 1 saturated heterocycles. The second-order valence-corrected chi connectivity index (χ2v) is 8.71. The number of anilines is 2. The van der Waals surface area contributed by atoms with E-state index in [9.17, 15) is 4.79 Å². The number of amides is 1. The third-order valence-corrected chi connectivity index (χ3v) is 5.67. The lowest BCUT2D eigenvalue weighted by Crippen LogP contribution is -2.48. The molecule has 3 rings (SSSR count). The van der Waals surface area contributed by atoms with Gasteiger partial charge in [0.15, 0.2) is 5.13 Å². The maximum Gasteiger partial charge on any atom is 0.223 e. The Balaban J connectivity index is 1.49. The summed E-state index contributed by atoms with van der Waals surface area (Å²) in [6, 6.07) is 7.77. The number of hydrogen-bond donors (Lipinski definition) is 1. The van der Waals surface area contributed by atoms with Crippen molar-refractivity contribution in [2.24, 2.45) is 0 Å². The smallest absolute Gasteiger partial charge is 0.223 e. The molecule has 1 aliphatic rings. The first-order valence-corrected chi connectivity index (χ1v) is 10.0. The second-order valence-electron chi connectivity index (χ2n) is 7.87. The molecule has 1 fully saturated rings. The molecule has 2 aromatic rings. The quantitative estimate of drug-likeness (QED) is 0.837. The van der Waals surface area contributed by atoms with Gasteiger partial charge in [-0.3, -0.25) is 4.79 Å². The van der Waals surface area contributed by atoms with Crippen LogP contribution >= 0.6 is 11.3 Å². The maximum absolute atomic E-state index is 12.5. The van der Waals surface area contributed by atoms with Crippen LogP contribution in [0.25, 0.3) is 0 Å². The molecule has 2 N–H and O–H groups in total. The van der Waals surface area contributed by atoms with E-state index in [2.05, 4.69) is 31.1 Å². The maximum atomic E-state index is 12.5. The highest BCUT2D eigenvalue weighted by Crippen LogP contribution is 2.29. The van der Waals surface area contributed by atoms with Crippen LogP contribution in [0.5, 0.6) is 0 Å². The van der Waals surface area contributed by atoms with E-state index in [0.29, 0.717) is 6.42 Å². The molecule has 5 nitrogen and oxygen atoms in total. The Morgan fingerprint density at radius 3 is 2.38 bits per heavy atom. The highest BCUT2D eigenvalue weighted by Gasteiger charge is 2.24. The summed E-state index contributed by atoms with van der Waals surface area (Å²) in [4.78, 5) is 21.5. The van der Waals surface area contributed by atoms with Crippen molar-refractivity contribution < 1.29 is 4.79 Å². The topological polar surface area (TPSA) is 62.5 Å². The van der Waals surface area contributed by atoms with Crippen LogP contribution in [0.2, 0.25) is 0 Å². The number of carbonyl (C=O) groups is 1.